The highest BCUT2D eigenvalue weighted by Gasteiger charge is 2.40. The average molecular weight is 437 g/mol. The van der Waals surface area contributed by atoms with Crippen molar-refractivity contribution in [2.45, 2.75) is 70.3 Å². The van der Waals surface area contributed by atoms with E-state index in [0.717, 1.165) is 6.54 Å². The maximum atomic E-state index is 13.1. The Kier molecular flexibility index (Phi) is 6.78. The summed E-state index contributed by atoms with van der Waals surface area (Å²) in [5, 5.41) is 20.0. The molecule has 4 atom stereocenters. The molecule has 1 aliphatic carbocycles. The fraction of sp³-hybridized carbons (Fsp3) is 0.762. The van der Waals surface area contributed by atoms with Gasteiger partial charge in [-0.15, -0.1) is 0 Å². The van der Waals surface area contributed by atoms with E-state index in [1.165, 1.54) is 12.8 Å². The van der Waals surface area contributed by atoms with Gasteiger partial charge in [-0.1, -0.05) is 5.16 Å². The highest BCUT2D eigenvalue weighted by atomic mass is 16.5. The number of aliphatic hydroxyl groups is 1. The van der Waals surface area contributed by atoms with Gasteiger partial charge in [0.2, 0.25) is 5.91 Å². The second-order valence-electron chi connectivity index (χ2n) is 8.87. The van der Waals surface area contributed by atoms with Crippen LogP contribution in [0.3, 0.4) is 0 Å². The number of hydrogen-bond acceptors (Lipinski definition) is 7. The molecule has 3 heterocycles. The van der Waals surface area contributed by atoms with Crippen LogP contribution in [0.15, 0.2) is 4.52 Å². The van der Waals surface area contributed by atoms with Crippen molar-refractivity contribution in [2.24, 2.45) is 5.92 Å². The smallest absolute Gasteiger partial charge is 0.322 e. The summed E-state index contributed by atoms with van der Waals surface area (Å²) in [6, 6.07) is -0.601. The van der Waals surface area contributed by atoms with E-state index in [9.17, 15) is 14.7 Å². The van der Waals surface area contributed by atoms with Gasteiger partial charge in [-0.25, -0.2) is 4.79 Å². The lowest BCUT2D eigenvalue weighted by molar-refractivity contribution is -0.149. The van der Waals surface area contributed by atoms with Gasteiger partial charge in [-0.3, -0.25) is 4.79 Å². The predicted octanol–water partition coefficient (Wildman–Crippen LogP) is 1.35. The summed E-state index contributed by atoms with van der Waals surface area (Å²) in [4.78, 5) is 27.0. The van der Waals surface area contributed by atoms with E-state index in [-0.39, 0.29) is 49.9 Å². The first-order valence-electron chi connectivity index (χ1n) is 11.1. The number of β-amino-alcohol motifs (C(OH)–C–C–N with tert-alkyl or cyclic N) is 1. The highest BCUT2D eigenvalue weighted by molar-refractivity contribution is 5.90. The maximum Gasteiger partial charge on any atom is 0.322 e. The number of nitrogens with zero attached hydrogens (tertiary/aromatic N) is 2. The molecule has 0 radical (unpaired) electrons. The molecule has 0 bridgehead atoms. The number of aromatic nitrogens is 1. The van der Waals surface area contributed by atoms with Crippen LogP contribution in [0.25, 0.3) is 0 Å². The molecule has 4 rings (SSSR count). The Balaban J connectivity index is 1.40. The summed E-state index contributed by atoms with van der Waals surface area (Å²) < 4.78 is 16.9. The SMILES string of the molecule is Cc1noc(C)c1NC(=O)N1C[C@H](O)COC[C@@H]2O[C@@H](CC(=O)NCC3CC3)CC[C@H]21. The van der Waals surface area contributed by atoms with Crippen molar-refractivity contribution in [3.05, 3.63) is 11.5 Å². The molecule has 0 unspecified atom stereocenters. The van der Waals surface area contributed by atoms with Crippen LogP contribution in [-0.4, -0.2) is 77.8 Å². The van der Waals surface area contributed by atoms with Crippen molar-refractivity contribution in [3.63, 3.8) is 0 Å². The molecular weight excluding hydrogens is 404 g/mol. The van der Waals surface area contributed by atoms with Crippen molar-refractivity contribution in [2.75, 3.05) is 31.6 Å². The summed E-state index contributed by atoms with van der Waals surface area (Å²) in [6.45, 7) is 4.75. The van der Waals surface area contributed by atoms with E-state index in [0.29, 0.717) is 42.3 Å². The number of carbonyl (C=O) groups excluding carboxylic acids is 2. The van der Waals surface area contributed by atoms with Gasteiger partial charge in [0.05, 0.1) is 44.4 Å². The molecule has 3 fully saturated rings. The van der Waals surface area contributed by atoms with Crippen LogP contribution < -0.4 is 10.6 Å². The fourth-order valence-corrected chi connectivity index (χ4v) is 4.27. The standard InChI is InChI=1S/C21H32N4O6/c1-12-20(13(2)31-24-12)23-21(28)25-9-15(26)10-29-11-18-17(25)6-5-16(30-18)7-19(27)22-8-14-3-4-14/h14-18,26H,3-11H2,1-2H3,(H,22,27)(H,23,28)/t15-,16+,17+,18-/m0/s1. The van der Waals surface area contributed by atoms with E-state index < -0.39 is 6.10 Å². The van der Waals surface area contributed by atoms with Gasteiger partial charge in [0.15, 0.2) is 5.76 Å². The molecule has 31 heavy (non-hydrogen) atoms. The molecular formula is C21H32N4O6. The molecule has 10 nitrogen and oxygen atoms in total. The first-order chi connectivity index (χ1) is 14.9. The van der Waals surface area contributed by atoms with E-state index in [2.05, 4.69) is 15.8 Å². The average Bonchev–Trinajstić information content (AvgIpc) is 3.51. The lowest BCUT2D eigenvalue weighted by atomic mass is 9.95. The Bertz CT molecular complexity index is 775. The van der Waals surface area contributed by atoms with Gasteiger partial charge in [0.1, 0.15) is 17.5 Å². The third-order valence-electron chi connectivity index (χ3n) is 6.21. The number of fused-ring (bicyclic) bond motifs is 1. The van der Waals surface area contributed by atoms with Crippen LogP contribution in [0.5, 0.6) is 0 Å². The number of nitrogens with one attached hydrogen (secondary N) is 2. The zero-order chi connectivity index (χ0) is 22.0. The third-order valence-corrected chi connectivity index (χ3v) is 6.21. The van der Waals surface area contributed by atoms with E-state index in [1.54, 1.807) is 18.7 Å². The third kappa shape index (κ3) is 5.55. The molecule has 10 heteroatoms. The molecule has 3 N–H and O–H groups in total. The minimum absolute atomic E-state index is 0.00513. The number of carbonyl (C=O) groups is 2. The molecule has 1 aromatic rings. The molecule has 2 saturated heterocycles. The Labute approximate surface area is 181 Å². The number of amides is 3. The predicted molar refractivity (Wildman–Crippen MR) is 111 cm³/mol. The van der Waals surface area contributed by atoms with Gasteiger partial charge in [-0.2, -0.15) is 0 Å². The zero-order valence-electron chi connectivity index (χ0n) is 18.1. The summed E-state index contributed by atoms with van der Waals surface area (Å²) in [6.07, 6.45) is 2.66. The van der Waals surface area contributed by atoms with Crippen LogP contribution in [0, 0.1) is 19.8 Å². The Morgan fingerprint density at radius 3 is 2.71 bits per heavy atom. The lowest BCUT2D eigenvalue weighted by Crippen LogP contribution is -2.58. The molecule has 0 aromatic carbocycles. The quantitative estimate of drug-likeness (QED) is 0.636. The van der Waals surface area contributed by atoms with Crippen LogP contribution in [0.4, 0.5) is 10.5 Å². The van der Waals surface area contributed by atoms with E-state index >= 15 is 0 Å². The van der Waals surface area contributed by atoms with Gasteiger partial charge in [0.25, 0.3) is 0 Å². The maximum absolute atomic E-state index is 13.1. The van der Waals surface area contributed by atoms with Crippen molar-refractivity contribution >= 4 is 17.6 Å². The summed E-state index contributed by atoms with van der Waals surface area (Å²) in [7, 11) is 0. The molecule has 3 aliphatic rings. The van der Waals surface area contributed by atoms with Crippen LogP contribution in [0.1, 0.15) is 43.6 Å². The summed E-state index contributed by atoms with van der Waals surface area (Å²) in [5.74, 6) is 1.16. The van der Waals surface area contributed by atoms with Crippen molar-refractivity contribution in [1.82, 2.24) is 15.4 Å². The first kappa shape index (κ1) is 22.0. The van der Waals surface area contributed by atoms with Crippen molar-refractivity contribution in [1.29, 1.82) is 0 Å². The molecule has 3 amide bonds. The number of aryl methyl sites for hydroxylation is 2. The Morgan fingerprint density at radius 1 is 1.19 bits per heavy atom. The van der Waals surface area contributed by atoms with Crippen LogP contribution in [0.2, 0.25) is 0 Å². The number of urea groups is 1. The highest BCUT2D eigenvalue weighted by Crippen LogP contribution is 2.30. The minimum atomic E-state index is -0.790. The van der Waals surface area contributed by atoms with Gasteiger partial charge in [-0.05, 0) is 45.4 Å². The number of ether oxygens (including phenoxy) is 2. The first-order valence-corrected chi connectivity index (χ1v) is 11.1. The number of anilines is 1. The monoisotopic (exact) mass is 436 g/mol. The second-order valence-corrected chi connectivity index (χ2v) is 8.87. The topological polar surface area (TPSA) is 126 Å². The number of aliphatic hydroxyl groups excluding tert-OH is 1. The van der Waals surface area contributed by atoms with Crippen LogP contribution >= 0.6 is 0 Å². The summed E-state index contributed by atoms with van der Waals surface area (Å²) in [5.41, 5.74) is 1.13. The van der Waals surface area contributed by atoms with E-state index in [1.807, 2.05) is 0 Å². The molecule has 2 aliphatic heterocycles. The molecule has 1 aromatic heterocycles. The van der Waals surface area contributed by atoms with Gasteiger partial charge >= 0.3 is 6.03 Å². The van der Waals surface area contributed by atoms with Crippen molar-refractivity contribution < 1.29 is 28.7 Å². The molecule has 172 valence electrons. The zero-order valence-corrected chi connectivity index (χ0v) is 18.1. The Morgan fingerprint density at radius 2 is 2.00 bits per heavy atom. The van der Waals surface area contributed by atoms with Gasteiger partial charge in [0, 0.05) is 6.54 Å². The lowest BCUT2D eigenvalue weighted by Gasteiger charge is -2.44. The van der Waals surface area contributed by atoms with Crippen LogP contribution in [-0.2, 0) is 14.3 Å². The van der Waals surface area contributed by atoms with E-state index in [4.69, 9.17) is 14.0 Å². The largest absolute Gasteiger partial charge is 0.389 e. The fourth-order valence-electron chi connectivity index (χ4n) is 4.27. The molecule has 1 saturated carbocycles. The number of rotatable bonds is 5. The minimum Gasteiger partial charge on any atom is -0.389 e. The molecule has 0 spiro atoms. The second kappa shape index (κ2) is 9.54. The van der Waals surface area contributed by atoms with Gasteiger partial charge < -0.3 is 34.6 Å². The normalized spacial score (nSPS) is 28.9. The summed E-state index contributed by atoms with van der Waals surface area (Å²) >= 11 is 0. The Hall–Kier alpha value is -2.17. The number of hydrogen-bond donors (Lipinski definition) is 3. The van der Waals surface area contributed by atoms with Crippen molar-refractivity contribution in [3.8, 4) is 0 Å².